The van der Waals surface area contributed by atoms with E-state index in [0.29, 0.717) is 5.56 Å². The Balaban J connectivity index is 1.89. The van der Waals surface area contributed by atoms with Gasteiger partial charge in [0.05, 0.1) is 28.8 Å². The van der Waals surface area contributed by atoms with Gasteiger partial charge in [-0.2, -0.15) is 0 Å². The molecule has 4 heteroatoms. The highest BCUT2D eigenvalue weighted by molar-refractivity contribution is 7.14. The number of carbonyl (C=O) groups is 1. The van der Waals surface area contributed by atoms with E-state index < -0.39 is 16.1 Å². The molecule has 0 unspecified atom stereocenters. The van der Waals surface area contributed by atoms with Gasteiger partial charge in [-0.1, -0.05) is 60.1 Å². The molecule has 0 saturated heterocycles. The Bertz CT molecular complexity index is 884. The average molecular weight is 365 g/mol. The van der Waals surface area contributed by atoms with Crippen molar-refractivity contribution in [1.29, 1.82) is 0 Å². The molecule has 1 aliphatic rings. The van der Waals surface area contributed by atoms with Gasteiger partial charge in [-0.25, -0.2) is 4.79 Å². The van der Waals surface area contributed by atoms with Gasteiger partial charge in [0.2, 0.25) is 0 Å². The first kappa shape index (κ1) is 17.7. The van der Waals surface area contributed by atoms with E-state index in [-0.39, 0.29) is 5.97 Å². The number of methoxy groups -OCH3 is 1. The summed E-state index contributed by atoms with van der Waals surface area (Å²) in [6, 6.07) is 14.1. The van der Waals surface area contributed by atoms with E-state index in [1.165, 1.54) is 12.8 Å². The first-order valence-electron chi connectivity index (χ1n) is 8.58. The zero-order valence-electron chi connectivity index (χ0n) is 15.6. The van der Waals surface area contributed by atoms with Gasteiger partial charge in [0.15, 0.2) is 0 Å². The van der Waals surface area contributed by atoms with Crippen molar-refractivity contribution in [2.75, 3.05) is 7.11 Å². The lowest BCUT2D eigenvalue weighted by atomic mass is 10.1. The largest absolute Gasteiger partial charge is 0.465 e. The second kappa shape index (κ2) is 6.32. The molecule has 1 aliphatic heterocycles. The lowest BCUT2D eigenvalue weighted by molar-refractivity contribution is 0.0600. The minimum Gasteiger partial charge on any atom is -0.465 e. The van der Waals surface area contributed by atoms with Gasteiger partial charge in [-0.05, 0) is 36.4 Å². The Morgan fingerprint density at radius 2 is 1.44 bits per heavy atom. The molecule has 0 atom stereocenters. The number of rotatable bonds is 1. The average Bonchev–Trinajstić information content (AvgIpc) is 2.77. The molecule has 0 aliphatic carbocycles. The van der Waals surface area contributed by atoms with Crippen molar-refractivity contribution in [3.8, 4) is 11.8 Å². The van der Waals surface area contributed by atoms with Gasteiger partial charge >= 0.3 is 5.97 Å². The van der Waals surface area contributed by atoms with Crippen molar-refractivity contribution in [1.82, 2.24) is 0 Å². The summed E-state index contributed by atoms with van der Waals surface area (Å²) in [5.74, 6) is 6.18. The van der Waals surface area contributed by atoms with Gasteiger partial charge < -0.3 is 4.74 Å². The van der Waals surface area contributed by atoms with Crippen LogP contribution >= 0.6 is 0 Å². The molecule has 3 rings (SSSR count). The van der Waals surface area contributed by atoms with Crippen LogP contribution in [0.4, 0.5) is 0 Å². The SMILES string of the molecule is COC(=O)c1ccc(C#Cc2ccc3c(c2)[Si](C)(C)C[Si]3(C)C)cc1. The number of hydrogen-bond donors (Lipinski definition) is 0. The van der Waals surface area contributed by atoms with Gasteiger partial charge in [0, 0.05) is 11.1 Å². The van der Waals surface area contributed by atoms with Crippen LogP contribution in [0.25, 0.3) is 0 Å². The highest BCUT2D eigenvalue weighted by Crippen LogP contribution is 2.26. The van der Waals surface area contributed by atoms with Crippen LogP contribution < -0.4 is 10.4 Å². The fourth-order valence-electron chi connectivity index (χ4n) is 4.02. The maximum atomic E-state index is 11.5. The summed E-state index contributed by atoms with van der Waals surface area (Å²) < 4.78 is 4.72. The third-order valence-electron chi connectivity index (χ3n) is 5.02. The molecule has 0 amide bonds. The third-order valence-corrected chi connectivity index (χ3v) is 16.1. The molecule has 0 bridgehead atoms. The molecular formula is C21H24O2Si2. The maximum Gasteiger partial charge on any atom is 0.337 e. The molecular weight excluding hydrogens is 340 g/mol. The van der Waals surface area contributed by atoms with Crippen LogP contribution in [-0.4, -0.2) is 29.2 Å². The monoisotopic (exact) mass is 364 g/mol. The molecule has 2 aromatic rings. The van der Waals surface area contributed by atoms with E-state index in [1.54, 1.807) is 22.5 Å². The van der Waals surface area contributed by atoms with Crippen molar-refractivity contribution < 1.29 is 9.53 Å². The molecule has 0 aromatic heterocycles. The fraction of sp³-hybridized carbons (Fsp3) is 0.286. The number of carbonyl (C=O) groups excluding carboxylic acids is 1. The molecule has 0 fully saturated rings. The number of hydrogen-bond acceptors (Lipinski definition) is 2. The quantitative estimate of drug-likeness (QED) is 0.441. The number of fused-ring (bicyclic) bond motifs is 1. The summed E-state index contributed by atoms with van der Waals surface area (Å²) in [4.78, 5) is 11.5. The van der Waals surface area contributed by atoms with Crippen LogP contribution in [-0.2, 0) is 4.74 Å². The Kier molecular flexibility index (Phi) is 4.48. The number of esters is 1. The number of benzene rings is 2. The second-order valence-corrected chi connectivity index (χ2v) is 18.1. The van der Waals surface area contributed by atoms with Crippen LogP contribution in [0.2, 0.25) is 31.9 Å². The van der Waals surface area contributed by atoms with Crippen molar-refractivity contribution in [2.45, 2.75) is 31.9 Å². The van der Waals surface area contributed by atoms with Crippen molar-refractivity contribution in [3.63, 3.8) is 0 Å². The standard InChI is InChI=1S/C21H24O2Si2/c1-23-21(22)18-11-8-16(9-12-18)6-7-17-10-13-19-20(14-17)25(4,5)15-24(19,2)3/h8-14H,15H2,1-5H3. The summed E-state index contributed by atoms with van der Waals surface area (Å²) in [5.41, 5.74) is 3.97. The van der Waals surface area contributed by atoms with Crippen LogP contribution in [0.3, 0.4) is 0 Å². The summed E-state index contributed by atoms with van der Waals surface area (Å²) in [6.45, 7) is 9.94. The van der Waals surface area contributed by atoms with E-state index in [1.807, 2.05) is 12.1 Å². The van der Waals surface area contributed by atoms with Crippen LogP contribution in [0.15, 0.2) is 42.5 Å². The van der Waals surface area contributed by atoms with Gasteiger partial charge in [0.25, 0.3) is 0 Å². The first-order valence-corrected chi connectivity index (χ1v) is 15.0. The molecule has 0 saturated carbocycles. The number of ether oxygens (including phenoxy) is 1. The van der Waals surface area contributed by atoms with Crippen molar-refractivity contribution in [2.24, 2.45) is 0 Å². The molecule has 0 N–H and O–H groups in total. The van der Waals surface area contributed by atoms with Gasteiger partial charge in [0.1, 0.15) is 0 Å². The van der Waals surface area contributed by atoms with Crippen LogP contribution in [0.1, 0.15) is 21.5 Å². The Morgan fingerprint density at radius 1 is 0.880 bits per heavy atom. The summed E-state index contributed by atoms with van der Waals surface area (Å²) in [7, 11) is -1.19. The first-order chi connectivity index (χ1) is 11.7. The van der Waals surface area contributed by atoms with Crippen molar-refractivity contribution >= 4 is 32.5 Å². The van der Waals surface area contributed by atoms with Gasteiger partial charge in [-0.3, -0.25) is 0 Å². The Morgan fingerprint density at radius 3 is 2.08 bits per heavy atom. The molecule has 25 heavy (non-hydrogen) atoms. The van der Waals surface area contributed by atoms with Gasteiger partial charge in [-0.15, -0.1) is 0 Å². The summed E-state index contributed by atoms with van der Waals surface area (Å²) in [6.07, 6.45) is 0. The third kappa shape index (κ3) is 3.48. The maximum absolute atomic E-state index is 11.5. The minimum atomic E-state index is -1.32. The molecule has 1 heterocycles. The zero-order valence-corrected chi connectivity index (χ0v) is 17.6. The Hall–Kier alpha value is -2.10. The molecule has 0 spiro atoms. The van der Waals surface area contributed by atoms with E-state index >= 15 is 0 Å². The normalized spacial score (nSPS) is 16.5. The van der Waals surface area contributed by atoms with Crippen LogP contribution in [0, 0.1) is 11.8 Å². The van der Waals surface area contributed by atoms with E-state index in [9.17, 15) is 4.79 Å². The van der Waals surface area contributed by atoms with E-state index in [2.05, 4.69) is 56.2 Å². The predicted molar refractivity (Wildman–Crippen MR) is 109 cm³/mol. The zero-order chi connectivity index (χ0) is 18.2. The molecule has 0 radical (unpaired) electrons. The van der Waals surface area contributed by atoms with E-state index in [0.717, 1.165) is 11.1 Å². The lowest BCUT2D eigenvalue weighted by Gasteiger charge is -2.19. The second-order valence-electron chi connectivity index (χ2n) is 8.02. The van der Waals surface area contributed by atoms with E-state index in [4.69, 9.17) is 4.74 Å². The summed E-state index contributed by atoms with van der Waals surface area (Å²) in [5, 5.41) is 3.24. The fourth-order valence-corrected chi connectivity index (χ4v) is 19.1. The Labute approximate surface area is 152 Å². The van der Waals surface area contributed by atoms with Crippen molar-refractivity contribution in [3.05, 3.63) is 59.2 Å². The molecule has 128 valence electrons. The minimum absolute atomic E-state index is 0.322. The lowest BCUT2D eigenvalue weighted by Crippen LogP contribution is -2.44. The van der Waals surface area contributed by atoms with Crippen LogP contribution in [0.5, 0.6) is 0 Å². The topological polar surface area (TPSA) is 26.3 Å². The molecule has 2 aromatic carbocycles. The smallest absolute Gasteiger partial charge is 0.337 e. The highest BCUT2D eigenvalue weighted by atomic mass is 28.4. The highest BCUT2D eigenvalue weighted by Gasteiger charge is 2.44. The molecule has 2 nitrogen and oxygen atoms in total. The summed E-state index contributed by atoms with van der Waals surface area (Å²) >= 11 is 0. The predicted octanol–water partition coefficient (Wildman–Crippen LogP) is 3.26.